The van der Waals surface area contributed by atoms with Crippen molar-refractivity contribution in [1.29, 1.82) is 15.8 Å². The van der Waals surface area contributed by atoms with E-state index in [1.165, 1.54) is 29.2 Å². The van der Waals surface area contributed by atoms with Crippen molar-refractivity contribution >= 4 is 35.4 Å². The third-order valence-corrected chi connectivity index (χ3v) is 6.96. The molecule has 5 rings (SSSR count). The Morgan fingerprint density at radius 3 is 1.71 bits per heavy atom. The molecule has 2 atom stereocenters. The zero-order valence-corrected chi connectivity index (χ0v) is 32.3. The summed E-state index contributed by atoms with van der Waals surface area (Å²) < 4.78 is 53.6. The van der Waals surface area contributed by atoms with Gasteiger partial charge in [0.05, 0.1) is 12.6 Å². The van der Waals surface area contributed by atoms with Crippen LogP contribution in [0.3, 0.4) is 0 Å². The maximum atomic E-state index is 13.3. The number of nitriles is 3. The van der Waals surface area contributed by atoms with Gasteiger partial charge in [0.2, 0.25) is 11.9 Å². The molecule has 294 valence electrons. The van der Waals surface area contributed by atoms with Gasteiger partial charge in [-0.3, -0.25) is 0 Å². The number of pyridine rings is 3. The molecule has 2 aliphatic heterocycles. The van der Waals surface area contributed by atoms with Crippen LogP contribution in [0.25, 0.3) is 0 Å². The number of aromatic nitrogens is 3. The highest BCUT2D eigenvalue weighted by Crippen LogP contribution is 2.22. The molecule has 2 saturated heterocycles. The molecule has 0 radical (unpaired) electrons. The Labute approximate surface area is 326 Å². The van der Waals surface area contributed by atoms with Crippen LogP contribution in [0, 0.1) is 51.7 Å². The van der Waals surface area contributed by atoms with Crippen molar-refractivity contribution in [3.63, 3.8) is 0 Å². The number of rotatable bonds is 2. The zero-order chi connectivity index (χ0) is 41.5. The summed E-state index contributed by atoms with van der Waals surface area (Å²) in [4.78, 5) is 36.6. The lowest BCUT2D eigenvalue weighted by Crippen LogP contribution is -2.36. The number of aliphatic hydroxyl groups excluding tert-OH is 1. The largest absolute Gasteiger partial charge is 0.488 e. The molecule has 0 unspecified atom stereocenters. The average molecular weight is 808 g/mol. The predicted octanol–water partition coefficient (Wildman–Crippen LogP) is 6.96. The topological polar surface area (TPSA) is 199 Å². The predicted molar refractivity (Wildman–Crippen MR) is 192 cm³/mol. The minimum absolute atomic E-state index is 0.0444. The lowest BCUT2D eigenvalue weighted by Gasteiger charge is -2.24. The molecule has 2 aliphatic rings. The number of halogens is 5. The summed E-state index contributed by atoms with van der Waals surface area (Å²) in [5.74, 6) is -2.29. The van der Waals surface area contributed by atoms with Crippen LogP contribution in [-0.2, 0) is 9.47 Å². The van der Waals surface area contributed by atoms with Gasteiger partial charge in [-0.15, -0.1) is 0 Å². The smallest absolute Gasteiger partial charge is 0.410 e. The van der Waals surface area contributed by atoms with E-state index >= 15 is 0 Å². The van der Waals surface area contributed by atoms with Gasteiger partial charge in [-0.25, -0.2) is 28.9 Å². The summed E-state index contributed by atoms with van der Waals surface area (Å²) >= 11 is 11.0. The van der Waals surface area contributed by atoms with Gasteiger partial charge in [-0.1, -0.05) is 23.2 Å². The first-order valence-corrected chi connectivity index (χ1v) is 17.2. The Kier molecular flexibility index (Phi) is 17.4. The van der Waals surface area contributed by atoms with Gasteiger partial charge in [-0.2, -0.15) is 24.6 Å². The number of amides is 2. The van der Waals surface area contributed by atoms with Crippen LogP contribution >= 0.6 is 23.2 Å². The molecular formula is C36H39Cl2F3N8O6. The van der Waals surface area contributed by atoms with E-state index < -0.39 is 35.0 Å². The van der Waals surface area contributed by atoms with E-state index in [-0.39, 0.29) is 46.3 Å². The normalized spacial score (nSPS) is 15.9. The number of likely N-dealkylation sites (tertiary alicyclic amines) is 2. The van der Waals surface area contributed by atoms with Crippen LogP contribution in [0.4, 0.5) is 22.8 Å². The number of hydrogen-bond donors (Lipinski definition) is 1. The zero-order valence-electron chi connectivity index (χ0n) is 30.8. The third-order valence-electron chi connectivity index (χ3n) is 6.54. The second-order valence-electron chi connectivity index (χ2n) is 13.7. The number of β-amino-alcohol motifs (C(OH)–C–C–N with tert-alkyl or cyclic N) is 1. The van der Waals surface area contributed by atoms with Crippen molar-refractivity contribution in [2.24, 2.45) is 0 Å². The van der Waals surface area contributed by atoms with Crippen molar-refractivity contribution in [1.82, 2.24) is 24.8 Å². The minimum Gasteiger partial charge on any atom is -0.488 e. The summed E-state index contributed by atoms with van der Waals surface area (Å²) in [6.07, 6.45) is -0.0979. The van der Waals surface area contributed by atoms with Gasteiger partial charge in [0.1, 0.15) is 69.3 Å². The SMILES string of the molecule is CC(C)(C)OC(=O)N1CC[C@H](O)C1.CC(C)(C)OC(=O)N1CC[C@H](Oc2cc(F)nc(C#N)c2)C1.N#Cc1cc(Cl)cc(Cl)n1.N#Cc1cc(F)cc(F)n1. The van der Waals surface area contributed by atoms with Gasteiger partial charge < -0.3 is 29.1 Å². The second kappa shape index (κ2) is 20.9. The second-order valence-corrected chi connectivity index (χ2v) is 14.5. The van der Waals surface area contributed by atoms with E-state index in [4.69, 9.17) is 53.2 Å². The molecule has 0 aliphatic carbocycles. The Hall–Kier alpha value is -5.41. The van der Waals surface area contributed by atoms with E-state index in [9.17, 15) is 27.9 Å². The standard InChI is InChI=1S/C15H18FN3O3.C9H17NO3.C6H2Cl2N2.C6H2F2N2/c1-15(2,3)22-14(20)19-5-4-11(9-19)21-12-6-10(8-17)18-13(16)7-12;1-9(2,3)13-8(12)10-5-4-7(11)6-10;2*7-4-1-5(3-9)10-6(8)2-4/h6-7,11H,4-5,9H2,1-3H3;7,11H,4-6H2,1-3H3;2*1-2H/t11-;7-;;/m00../s1. The van der Waals surface area contributed by atoms with Crippen LogP contribution in [0.2, 0.25) is 10.2 Å². The van der Waals surface area contributed by atoms with E-state index in [1.807, 2.05) is 26.8 Å². The first-order chi connectivity index (χ1) is 25.6. The summed E-state index contributed by atoms with van der Waals surface area (Å²) in [6, 6.07) is 12.0. The van der Waals surface area contributed by atoms with Gasteiger partial charge >= 0.3 is 12.2 Å². The number of ether oxygens (including phenoxy) is 3. The summed E-state index contributed by atoms with van der Waals surface area (Å²) in [5, 5.41) is 35.1. The summed E-state index contributed by atoms with van der Waals surface area (Å²) in [5.41, 5.74) is -1.07. The fourth-order valence-corrected chi connectivity index (χ4v) is 4.86. The fourth-order valence-electron chi connectivity index (χ4n) is 4.39. The first-order valence-electron chi connectivity index (χ1n) is 16.4. The van der Waals surface area contributed by atoms with Crippen molar-refractivity contribution in [2.75, 3.05) is 26.2 Å². The molecule has 0 spiro atoms. The lowest BCUT2D eigenvalue weighted by atomic mass is 10.2. The quantitative estimate of drug-likeness (QED) is 0.262. The first kappa shape index (κ1) is 45.7. The van der Waals surface area contributed by atoms with Crippen LogP contribution in [0.15, 0.2) is 36.4 Å². The molecule has 55 heavy (non-hydrogen) atoms. The van der Waals surface area contributed by atoms with Gasteiger partial charge in [0.15, 0.2) is 0 Å². The molecule has 5 heterocycles. The molecule has 0 aromatic carbocycles. The molecule has 0 bridgehead atoms. The van der Waals surface area contributed by atoms with Crippen LogP contribution < -0.4 is 4.74 Å². The van der Waals surface area contributed by atoms with Gasteiger partial charge in [0, 0.05) is 55.3 Å². The Morgan fingerprint density at radius 2 is 1.24 bits per heavy atom. The van der Waals surface area contributed by atoms with E-state index in [0.717, 1.165) is 12.1 Å². The van der Waals surface area contributed by atoms with E-state index in [0.29, 0.717) is 50.1 Å². The van der Waals surface area contributed by atoms with Crippen molar-refractivity contribution in [3.8, 4) is 24.0 Å². The molecule has 2 amide bonds. The van der Waals surface area contributed by atoms with Crippen LogP contribution in [0.1, 0.15) is 71.5 Å². The number of carbonyl (C=O) groups excluding carboxylic acids is 2. The van der Waals surface area contributed by atoms with Crippen molar-refractivity contribution in [2.45, 2.75) is 77.8 Å². The highest BCUT2D eigenvalue weighted by Gasteiger charge is 2.31. The molecule has 3 aromatic heterocycles. The van der Waals surface area contributed by atoms with Crippen LogP contribution in [-0.4, -0.2) is 91.6 Å². The fraction of sp³-hybridized carbons (Fsp3) is 0.444. The Balaban J connectivity index is 0.000000271. The van der Waals surface area contributed by atoms with Crippen molar-refractivity contribution in [3.05, 3.63) is 81.4 Å². The number of nitrogens with zero attached hydrogens (tertiary/aromatic N) is 8. The Morgan fingerprint density at radius 1 is 0.745 bits per heavy atom. The molecule has 0 saturated carbocycles. The minimum atomic E-state index is -0.975. The maximum Gasteiger partial charge on any atom is 0.410 e. The summed E-state index contributed by atoms with van der Waals surface area (Å²) in [7, 11) is 0. The highest BCUT2D eigenvalue weighted by atomic mass is 35.5. The number of aliphatic hydroxyl groups is 1. The molecule has 3 aromatic rings. The molecule has 19 heteroatoms. The maximum absolute atomic E-state index is 13.3. The Bertz CT molecular complexity index is 1820. The van der Waals surface area contributed by atoms with E-state index in [1.54, 1.807) is 31.7 Å². The van der Waals surface area contributed by atoms with Gasteiger partial charge in [0.25, 0.3) is 0 Å². The van der Waals surface area contributed by atoms with Crippen LogP contribution in [0.5, 0.6) is 5.75 Å². The lowest BCUT2D eigenvalue weighted by molar-refractivity contribution is 0.0263. The molecule has 14 nitrogen and oxygen atoms in total. The summed E-state index contributed by atoms with van der Waals surface area (Å²) in [6.45, 7) is 12.8. The van der Waals surface area contributed by atoms with E-state index in [2.05, 4.69) is 15.0 Å². The highest BCUT2D eigenvalue weighted by molar-refractivity contribution is 6.34. The molecular weight excluding hydrogens is 768 g/mol. The number of hydrogen-bond acceptors (Lipinski definition) is 12. The average Bonchev–Trinajstić information content (AvgIpc) is 3.72. The third kappa shape index (κ3) is 18.0. The molecule has 1 N–H and O–H groups in total. The number of carbonyl (C=O) groups is 2. The van der Waals surface area contributed by atoms with Gasteiger partial charge in [-0.05, 0) is 60.1 Å². The monoisotopic (exact) mass is 806 g/mol. The molecule has 2 fully saturated rings. The van der Waals surface area contributed by atoms with Crippen molar-refractivity contribution < 1.29 is 42.1 Å².